The van der Waals surface area contributed by atoms with Crippen LogP contribution in [0.1, 0.15) is 38.7 Å². The van der Waals surface area contributed by atoms with E-state index in [1.54, 1.807) is 12.1 Å². The molecule has 0 fully saturated rings. The van der Waals surface area contributed by atoms with Crippen molar-refractivity contribution in [1.29, 1.82) is 0 Å². The largest absolute Gasteiger partial charge is 0.487 e. The fourth-order valence-corrected chi connectivity index (χ4v) is 2.50. The van der Waals surface area contributed by atoms with Gasteiger partial charge in [0.25, 0.3) is 0 Å². The highest BCUT2D eigenvalue weighted by atomic mass is 35.5. The van der Waals surface area contributed by atoms with Crippen molar-refractivity contribution in [3.63, 3.8) is 0 Å². The highest BCUT2D eigenvalue weighted by Crippen LogP contribution is 2.36. The minimum atomic E-state index is 0.0232. The summed E-state index contributed by atoms with van der Waals surface area (Å²) in [7, 11) is 0. The van der Waals surface area contributed by atoms with E-state index in [0.29, 0.717) is 32.8 Å². The van der Waals surface area contributed by atoms with Crippen LogP contribution in [0, 0.1) is 0 Å². The molecule has 0 spiro atoms. The fourth-order valence-electron chi connectivity index (χ4n) is 1.88. The maximum absolute atomic E-state index is 10.4. The van der Waals surface area contributed by atoms with Crippen LogP contribution in [0.5, 0.6) is 5.75 Å². The Morgan fingerprint density at radius 3 is 2.40 bits per heavy atom. The molecular weight excluding hydrogens is 301 g/mol. The molecule has 0 aliphatic rings. The lowest BCUT2D eigenvalue weighted by atomic mass is 10.1. The Bertz CT molecular complexity index is 431. The summed E-state index contributed by atoms with van der Waals surface area (Å²) in [6.07, 6.45) is 3.22. The monoisotopic (exact) mass is 319 g/mol. The molecule has 1 amide bonds. The third kappa shape index (κ3) is 4.85. The average molecular weight is 320 g/mol. The summed E-state index contributed by atoms with van der Waals surface area (Å²) in [5.41, 5.74) is 0.630. The number of amides is 1. The molecule has 6 heteroatoms. The molecule has 0 aliphatic heterocycles. The zero-order valence-corrected chi connectivity index (χ0v) is 13.1. The SMILES string of the molecule is CCCC(CC)Oc1c(Cl)cc(CN(O)C=O)cc1Cl. The number of hydrogen-bond donors (Lipinski definition) is 1. The predicted molar refractivity (Wildman–Crippen MR) is 79.5 cm³/mol. The van der Waals surface area contributed by atoms with Crippen molar-refractivity contribution in [1.82, 2.24) is 5.06 Å². The van der Waals surface area contributed by atoms with Gasteiger partial charge in [-0.2, -0.15) is 0 Å². The third-order valence-corrected chi connectivity index (χ3v) is 3.44. The topological polar surface area (TPSA) is 49.8 Å². The van der Waals surface area contributed by atoms with Crippen LogP contribution in [0.25, 0.3) is 0 Å². The van der Waals surface area contributed by atoms with Crippen LogP contribution in [0.4, 0.5) is 0 Å². The van der Waals surface area contributed by atoms with Gasteiger partial charge in [0.2, 0.25) is 6.41 Å². The van der Waals surface area contributed by atoms with E-state index in [9.17, 15) is 4.79 Å². The van der Waals surface area contributed by atoms with E-state index < -0.39 is 0 Å². The van der Waals surface area contributed by atoms with Gasteiger partial charge in [-0.25, -0.2) is 5.06 Å². The molecule has 1 unspecified atom stereocenters. The number of nitrogens with zero attached hydrogens (tertiary/aromatic N) is 1. The Hall–Kier alpha value is -0.970. The van der Waals surface area contributed by atoms with Crippen LogP contribution in [0.3, 0.4) is 0 Å². The lowest BCUT2D eigenvalue weighted by Crippen LogP contribution is -2.17. The van der Waals surface area contributed by atoms with Gasteiger partial charge in [0, 0.05) is 0 Å². The zero-order valence-electron chi connectivity index (χ0n) is 11.6. The summed E-state index contributed by atoms with van der Waals surface area (Å²) in [5.74, 6) is 0.452. The molecule has 1 aromatic rings. The maximum Gasteiger partial charge on any atom is 0.233 e. The number of halogens is 2. The van der Waals surface area contributed by atoms with Gasteiger partial charge < -0.3 is 4.74 Å². The number of carbonyl (C=O) groups is 1. The minimum absolute atomic E-state index is 0.0232. The van der Waals surface area contributed by atoms with Gasteiger partial charge in [-0.1, -0.05) is 43.5 Å². The van der Waals surface area contributed by atoms with Crippen molar-refractivity contribution in [2.45, 2.75) is 45.8 Å². The van der Waals surface area contributed by atoms with Crippen molar-refractivity contribution in [2.75, 3.05) is 0 Å². The number of benzene rings is 1. The van der Waals surface area contributed by atoms with Crippen molar-refractivity contribution >= 4 is 29.6 Å². The third-order valence-electron chi connectivity index (χ3n) is 2.87. The number of carbonyl (C=O) groups excluding carboxylic acids is 1. The first-order valence-corrected chi connectivity index (χ1v) is 7.32. The standard InChI is InChI=1S/C14H19Cl2NO3/c1-3-5-11(4-2)20-14-12(15)6-10(7-13(14)16)8-17(19)9-18/h6-7,9,11,19H,3-5,8H2,1-2H3. The molecule has 0 radical (unpaired) electrons. The number of rotatable bonds is 8. The second kappa shape index (κ2) is 8.35. The molecule has 4 nitrogen and oxygen atoms in total. The fraction of sp³-hybridized carbons (Fsp3) is 0.500. The van der Waals surface area contributed by atoms with Crippen LogP contribution in [-0.4, -0.2) is 22.8 Å². The molecule has 0 saturated heterocycles. The first-order valence-electron chi connectivity index (χ1n) is 6.57. The quantitative estimate of drug-likeness (QED) is 0.441. The summed E-state index contributed by atoms with van der Waals surface area (Å²) in [5, 5.41) is 10.4. The minimum Gasteiger partial charge on any atom is -0.487 e. The molecule has 20 heavy (non-hydrogen) atoms. The molecule has 112 valence electrons. The number of hydroxylamine groups is 2. The van der Waals surface area contributed by atoms with Crippen LogP contribution in [0.2, 0.25) is 10.0 Å². The zero-order chi connectivity index (χ0) is 15.1. The van der Waals surface area contributed by atoms with E-state index in [1.807, 2.05) is 6.92 Å². The molecule has 0 saturated carbocycles. The van der Waals surface area contributed by atoms with E-state index in [-0.39, 0.29) is 12.6 Å². The Morgan fingerprint density at radius 1 is 1.35 bits per heavy atom. The average Bonchev–Trinajstić information content (AvgIpc) is 2.41. The Morgan fingerprint density at radius 2 is 1.95 bits per heavy atom. The van der Waals surface area contributed by atoms with E-state index in [0.717, 1.165) is 19.3 Å². The Balaban J connectivity index is 2.90. The molecule has 1 aromatic carbocycles. The smallest absolute Gasteiger partial charge is 0.233 e. The van der Waals surface area contributed by atoms with Gasteiger partial charge in [-0.15, -0.1) is 0 Å². The second-order valence-corrected chi connectivity index (χ2v) is 5.34. The van der Waals surface area contributed by atoms with E-state index >= 15 is 0 Å². The van der Waals surface area contributed by atoms with E-state index in [2.05, 4.69) is 6.92 Å². The number of hydrogen-bond acceptors (Lipinski definition) is 3. The highest BCUT2D eigenvalue weighted by molar-refractivity contribution is 6.37. The summed E-state index contributed by atoms with van der Waals surface area (Å²) < 4.78 is 5.84. The summed E-state index contributed by atoms with van der Waals surface area (Å²) >= 11 is 12.3. The molecule has 0 aliphatic carbocycles. The van der Waals surface area contributed by atoms with Gasteiger partial charge in [-0.05, 0) is 30.5 Å². The molecule has 1 rings (SSSR count). The molecular formula is C14H19Cl2NO3. The molecule has 0 heterocycles. The van der Waals surface area contributed by atoms with Gasteiger partial charge in [0.05, 0.1) is 22.7 Å². The van der Waals surface area contributed by atoms with Crippen LogP contribution >= 0.6 is 23.2 Å². The molecule has 0 aromatic heterocycles. The van der Waals surface area contributed by atoms with Crippen molar-refractivity contribution < 1.29 is 14.7 Å². The van der Waals surface area contributed by atoms with Crippen molar-refractivity contribution in [3.05, 3.63) is 27.7 Å². The summed E-state index contributed by atoms with van der Waals surface area (Å²) in [6.45, 7) is 4.16. The number of ether oxygens (including phenoxy) is 1. The highest BCUT2D eigenvalue weighted by Gasteiger charge is 2.15. The van der Waals surface area contributed by atoms with Gasteiger partial charge >= 0.3 is 0 Å². The Labute approximate surface area is 129 Å². The van der Waals surface area contributed by atoms with Crippen molar-refractivity contribution in [2.24, 2.45) is 0 Å². The predicted octanol–water partition coefficient (Wildman–Crippen LogP) is 4.30. The van der Waals surface area contributed by atoms with Gasteiger partial charge in [0.15, 0.2) is 5.75 Å². The van der Waals surface area contributed by atoms with Crippen molar-refractivity contribution in [3.8, 4) is 5.75 Å². The summed E-state index contributed by atoms with van der Waals surface area (Å²) in [6, 6.07) is 3.27. The maximum atomic E-state index is 10.4. The second-order valence-electron chi connectivity index (χ2n) is 4.53. The first-order chi connectivity index (χ1) is 9.51. The van der Waals surface area contributed by atoms with Crippen LogP contribution in [0.15, 0.2) is 12.1 Å². The molecule has 1 N–H and O–H groups in total. The lowest BCUT2D eigenvalue weighted by Gasteiger charge is -2.19. The van der Waals surface area contributed by atoms with Gasteiger partial charge in [0.1, 0.15) is 0 Å². The molecule has 1 atom stereocenters. The van der Waals surface area contributed by atoms with E-state index in [4.69, 9.17) is 33.1 Å². The molecule has 0 bridgehead atoms. The normalized spacial score (nSPS) is 12.1. The first kappa shape index (κ1) is 17.1. The lowest BCUT2D eigenvalue weighted by molar-refractivity contribution is -0.152. The Kier molecular flexibility index (Phi) is 7.13. The van der Waals surface area contributed by atoms with Crippen LogP contribution < -0.4 is 4.74 Å². The summed E-state index contributed by atoms with van der Waals surface area (Å²) in [4.78, 5) is 10.4. The van der Waals surface area contributed by atoms with Gasteiger partial charge in [-0.3, -0.25) is 10.0 Å². The van der Waals surface area contributed by atoms with E-state index in [1.165, 1.54) is 0 Å². The van der Waals surface area contributed by atoms with Crippen LogP contribution in [-0.2, 0) is 11.3 Å².